The zero-order valence-corrected chi connectivity index (χ0v) is 14.8. The van der Waals surface area contributed by atoms with Crippen molar-refractivity contribution >= 4 is 11.8 Å². The van der Waals surface area contributed by atoms with Crippen LogP contribution in [0.1, 0.15) is 23.0 Å². The molecule has 4 aromatic rings. The predicted octanol–water partition coefficient (Wildman–Crippen LogP) is 2.83. The fourth-order valence-corrected chi connectivity index (χ4v) is 3.20. The summed E-state index contributed by atoms with van der Waals surface area (Å²) in [6.07, 6.45) is 2.23. The minimum atomic E-state index is 0.460. The summed E-state index contributed by atoms with van der Waals surface area (Å²) in [6, 6.07) is 11.8. The van der Waals surface area contributed by atoms with E-state index in [-0.39, 0.29) is 0 Å². The van der Waals surface area contributed by atoms with E-state index in [9.17, 15) is 0 Å². The van der Waals surface area contributed by atoms with Gasteiger partial charge in [-0.3, -0.25) is 0 Å². The van der Waals surface area contributed by atoms with Crippen molar-refractivity contribution < 1.29 is 8.94 Å². The van der Waals surface area contributed by atoms with Crippen LogP contribution in [0.3, 0.4) is 0 Å². The van der Waals surface area contributed by atoms with E-state index in [0.29, 0.717) is 34.9 Å². The lowest BCUT2D eigenvalue weighted by atomic mass is 10.1. The number of benzene rings is 1. The molecule has 8 nitrogen and oxygen atoms in total. The largest absolute Gasteiger partial charge is 0.469 e. The molecule has 0 bridgehead atoms. The van der Waals surface area contributed by atoms with Gasteiger partial charge in [0.15, 0.2) is 11.6 Å². The van der Waals surface area contributed by atoms with Crippen LogP contribution in [0.25, 0.3) is 11.4 Å². The van der Waals surface area contributed by atoms with E-state index in [4.69, 9.17) is 14.8 Å². The predicted molar refractivity (Wildman–Crippen MR) is 95.7 cm³/mol. The number of furan rings is 1. The Kier molecular flexibility index (Phi) is 4.44. The molecule has 0 unspecified atom stereocenters. The lowest BCUT2D eigenvalue weighted by Crippen LogP contribution is -2.11. The van der Waals surface area contributed by atoms with Crippen molar-refractivity contribution in [2.24, 2.45) is 0 Å². The van der Waals surface area contributed by atoms with Gasteiger partial charge in [-0.05, 0) is 18.6 Å². The molecule has 1 aromatic carbocycles. The lowest BCUT2D eigenvalue weighted by Gasteiger charge is -2.01. The van der Waals surface area contributed by atoms with Gasteiger partial charge in [-0.2, -0.15) is 4.98 Å². The monoisotopic (exact) mass is 368 g/mol. The van der Waals surface area contributed by atoms with Crippen molar-refractivity contribution in [1.82, 2.24) is 25.0 Å². The third kappa shape index (κ3) is 3.33. The second-order valence-corrected chi connectivity index (χ2v) is 6.56. The Bertz CT molecular complexity index is 1010. The average molecular weight is 368 g/mol. The summed E-state index contributed by atoms with van der Waals surface area (Å²) in [6.45, 7) is 1.85. The molecule has 0 aliphatic rings. The second kappa shape index (κ2) is 7.04. The number of hydrogen-bond acceptors (Lipinski definition) is 8. The van der Waals surface area contributed by atoms with Crippen molar-refractivity contribution in [2.75, 3.05) is 5.84 Å². The molecule has 132 valence electrons. The Morgan fingerprint density at radius 2 is 2.00 bits per heavy atom. The second-order valence-electron chi connectivity index (χ2n) is 5.62. The first kappa shape index (κ1) is 16.4. The molecule has 3 heterocycles. The molecule has 0 amide bonds. The molecule has 0 aliphatic heterocycles. The summed E-state index contributed by atoms with van der Waals surface area (Å²) in [5, 5.41) is 12.8. The van der Waals surface area contributed by atoms with Gasteiger partial charge in [0.05, 0.1) is 17.6 Å². The van der Waals surface area contributed by atoms with Crippen molar-refractivity contribution in [3.8, 4) is 11.4 Å². The molecule has 4 rings (SSSR count). The first-order chi connectivity index (χ1) is 12.7. The number of aryl methyl sites for hydroxylation is 1. The summed E-state index contributed by atoms with van der Waals surface area (Å²) in [7, 11) is 0. The Hall–Kier alpha value is -3.07. The quantitative estimate of drug-likeness (QED) is 0.409. The Balaban J connectivity index is 1.42. The van der Waals surface area contributed by atoms with E-state index in [0.717, 1.165) is 16.9 Å². The normalized spacial score (nSPS) is 11.1. The van der Waals surface area contributed by atoms with Gasteiger partial charge in [-0.15, -0.1) is 10.2 Å². The molecular weight excluding hydrogens is 352 g/mol. The van der Waals surface area contributed by atoms with Crippen LogP contribution in [-0.4, -0.2) is 25.0 Å². The van der Waals surface area contributed by atoms with Crippen LogP contribution in [0, 0.1) is 6.92 Å². The van der Waals surface area contributed by atoms with Crippen molar-refractivity contribution in [3.63, 3.8) is 0 Å². The van der Waals surface area contributed by atoms with Gasteiger partial charge in [-0.25, -0.2) is 4.68 Å². The Labute approximate surface area is 153 Å². The Morgan fingerprint density at radius 3 is 2.77 bits per heavy atom. The first-order valence-electron chi connectivity index (χ1n) is 7.94. The molecule has 0 saturated heterocycles. The smallest absolute Gasteiger partial charge is 0.237 e. The summed E-state index contributed by atoms with van der Waals surface area (Å²) in [5.41, 5.74) is 1.95. The van der Waals surface area contributed by atoms with Crippen molar-refractivity contribution in [3.05, 3.63) is 65.7 Å². The molecule has 0 atom stereocenters. The van der Waals surface area contributed by atoms with Crippen LogP contribution in [0.5, 0.6) is 0 Å². The van der Waals surface area contributed by atoms with Crippen LogP contribution < -0.4 is 5.84 Å². The van der Waals surface area contributed by atoms with Crippen LogP contribution in [0.15, 0.2) is 56.8 Å². The van der Waals surface area contributed by atoms with Gasteiger partial charge < -0.3 is 14.8 Å². The van der Waals surface area contributed by atoms with Gasteiger partial charge in [0.1, 0.15) is 5.76 Å². The van der Waals surface area contributed by atoms with E-state index in [1.807, 2.05) is 43.3 Å². The maximum Gasteiger partial charge on any atom is 0.237 e. The maximum atomic E-state index is 6.10. The summed E-state index contributed by atoms with van der Waals surface area (Å²) >= 11 is 1.38. The highest BCUT2D eigenvalue weighted by Crippen LogP contribution is 2.26. The molecule has 0 fully saturated rings. The topological polar surface area (TPSA) is 109 Å². The summed E-state index contributed by atoms with van der Waals surface area (Å²) in [5.74, 6) is 9.01. The summed E-state index contributed by atoms with van der Waals surface area (Å²) < 4.78 is 12.0. The molecule has 9 heteroatoms. The third-order valence-electron chi connectivity index (χ3n) is 3.80. The van der Waals surface area contributed by atoms with Gasteiger partial charge in [0.25, 0.3) is 0 Å². The van der Waals surface area contributed by atoms with Crippen LogP contribution >= 0.6 is 11.8 Å². The van der Waals surface area contributed by atoms with Crippen LogP contribution in [-0.2, 0) is 12.2 Å². The summed E-state index contributed by atoms with van der Waals surface area (Å²) in [4.78, 5) is 4.41. The SMILES string of the molecule is Cc1occc1-c1nnc(SCc2nc(Cc3ccccc3)no2)n1N. The van der Waals surface area contributed by atoms with E-state index >= 15 is 0 Å². The highest BCUT2D eigenvalue weighted by Gasteiger charge is 2.17. The van der Waals surface area contributed by atoms with Gasteiger partial charge in [0.2, 0.25) is 11.0 Å². The van der Waals surface area contributed by atoms with Crippen molar-refractivity contribution in [1.29, 1.82) is 0 Å². The zero-order valence-electron chi connectivity index (χ0n) is 14.0. The zero-order chi connectivity index (χ0) is 17.9. The van der Waals surface area contributed by atoms with Gasteiger partial charge in [0, 0.05) is 6.42 Å². The fraction of sp³-hybridized carbons (Fsp3) is 0.176. The van der Waals surface area contributed by atoms with E-state index < -0.39 is 0 Å². The lowest BCUT2D eigenvalue weighted by molar-refractivity contribution is 0.385. The minimum absolute atomic E-state index is 0.460. The number of rotatable bonds is 6. The Morgan fingerprint density at radius 1 is 1.15 bits per heavy atom. The standard InChI is InChI=1S/C17H16N6O2S/c1-11-13(7-8-24-11)16-20-21-17(23(16)18)26-10-15-19-14(22-25-15)9-12-5-3-2-4-6-12/h2-8H,9-10,18H2,1H3. The minimum Gasteiger partial charge on any atom is -0.469 e. The van der Waals surface area contributed by atoms with Crippen molar-refractivity contribution in [2.45, 2.75) is 24.3 Å². The molecule has 2 N–H and O–H groups in total. The average Bonchev–Trinajstić information content (AvgIpc) is 3.35. The molecule has 0 aliphatic carbocycles. The molecule has 0 spiro atoms. The van der Waals surface area contributed by atoms with E-state index in [1.165, 1.54) is 16.4 Å². The number of hydrogen-bond donors (Lipinski definition) is 1. The van der Waals surface area contributed by atoms with E-state index in [2.05, 4.69) is 20.3 Å². The van der Waals surface area contributed by atoms with Crippen LogP contribution in [0.2, 0.25) is 0 Å². The van der Waals surface area contributed by atoms with Gasteiger partial charge in [-0.1, -0.05) is 47.3 Å². The van der Waals surface area contributed by atoms with E-state index in [1.54, 1.807) is 6.26 Å². The fourth-order valence-electron chi connectivity index (χ4n) is 2.50. The molecular formula is C17H16N6O2S. The molecule has 0 radical (unpaired) electrons. The highest BCUT2D eigenvalue weighted by molar-refractivity contribution is 7.98. The number of thioether (sulfide) groups is 1. The molecule has 26 heavy (non-hydrogen) atoms. The number of nitrogens with zero attached hydrogens (tertiary/aromatic N) is 5. The van der Waals surface area contributed by atoms with Crippen LogP contribution in [0.4, 0.5) is 0 Å². The first-order valence-corrected chi connectivity index (χ1v) is 8.92. The van der Waals surface area contributed by atoms with Gasteiger partial charge >= 0.3 is 0 Å². The maximum absolute atomic E-state index is 6.10. The number of nitrogen functional groups attached to an aromatic ring is 1. The molecule has 3 aromatic heterocycles. The third-order valence-corrected chi connectivity index (χ3v) is 4.73. The number of aromatic nitrogens is 5. The highest BCUT2D eigenvalue weighted by atomic mass is 32.2. The molecule has 0 saturated carbocycles. The number of nitrogens with two attached hydrogens (primary N) is 1.